The van der Waals surface area contributed by atoms with E-state index in [9.17, 15) is 4.79 Å². The lowest BCUT2D eigenvalue weighted by molar-refractivity contribution is 0.0986. The highest BCUT2D eigenvalue weighted by Crippen LogP contribution is 2.34. The van der Waals surface area contributed by atoms with Crippen molar-refractivity contribution in [1.29, 1.82) is 0 Å². The second-order valence-electron chi connectivity index (χ2n) is 7.09. The smallest absolute Gasteiger partial charge is 0.260 e. The number of fused-ring (bicyclic) bond motifs is 1. The van der Waals surface area contributed by atoms with E-state index in [0.29, 0.717) is 22.3 Å². The Hall–Kier alpha value is -2.35. The molecule has 0 N–H and O–H groups in total. The van der Waals surface area contributed by atoms with Gasteiger partial charge in [0.25, 0.3) is 5.91 Å². The molecule has 0 aliphatic carbocycles. The van der Waals surface area contributed by atoms with Gasteiger partial charge in [-0.2, -0.15) is 0 Å². The molecule has 0 spiro atoms. The number of hydrogen-bond acceptors (Lipinski definition) is 5. The van der Waals surface area contributed by atoms with E-state index >= 15 is 0 Å². The molecule has 1 amide bonds. The molecule has 160 valence electrons. The number of aromatic nitrogens is 3. The summed E-state index contributed by atoms with van der Waals surface area (Å²) in [6.07, 6.45) is 6.28. The van der Waals surface area contributed by atoms with Crippen LogP contribution in [0.1, 0.15) is 29.3 Å². The van der Waals surface area contributed by atoms with Gasteiger partial charge in [-0.3, -0.25) is 9.69 Å². The van der Waals surface area contributed by atoms with Crippen LogP contribution in [0.5, 0.6) is 0 Å². The van der Waals surface area contributed by atoms with Crippen LogP contribution in [-0.2, 0) is 6.54 Å². The minimum absolute atomic E-state index is 0.0352. The van der Waals surface area contributed by atoms with Gasteiger partial charge in [0.2, 0.25) is 0 Å². The summed E-state index contributed by atoms with van der Waals surface area (Å²) >= 11 is 9.55. The van der Waals surface area contributed by atoms with Gasteiger partial charge in [0.05, 0.1) is 16.5 Å². The van der Waals surface area contributed by atoms with Crippen molar-refractivity contribution in [3.05, 3.63) is 71.3 Å². The first-order chi connectivity index (χ1) is 15.1. The fourth-order valence-corrected chi connectivity index (χ4v) is 5.28. The molecular formula is C23H23ClN4OS2. The first kappa shape index (κ1) is 21.9. The highest BCUT2D eigenvalue weighted by atomic mass is 35.5. The summed E-state index contributed by atoms with van der Waals surface area (Å²) in [5, 5.41) is 1.39. The third-order valence-corrected chi connectivity index (χ3v) is 7.29. The predicted molar refractivity (Wildman–Crippen MR) is 131 cm³/mol. The van der Waals surface area contributed by atoms with E-state index in [2.05, 4.69) is 11.9 Å². The van der Waals surface area contributed by atoms with Crippen LogP contribution in [0.15, 0.2) is 60.0 Å². The summed E-state index contributed by atoms with van der Waals surface area (Å²) < 4.78 is 3.04. The zero-order valence-corrected chi connectivity index (χ0v) is 19.8. The molecule has 4 aromatic rings. The van der Waals surface area contributed by atoms with Crippen LogP contribution in [0.3, 0.4) is 0 Å². The minimum atomic E-state index is -0.0352. The van der Waals surface area contributed by atoms with Crippen LogP contribution in [0, 0.1) is 6.92 Å². The number of thiazole rings is 1. The van der Waals surface area contributed by atoms with Gasteiger partial charge in [0, 0.05) is 41.0 Å². The Balaban J connectivity index is 1.66. The Morgan fingerprint density at radius 2 is 2.16 bits per heavy atom. The number of nitrogens with zero attached hydrogens (tertiary/aromatic N) is 4. The van der Waals surface area contributed by atoms with Gasteiger partial charge < -0.3 is 4.57 Å². The SMILES string of the molecule is CCSc1cccc(C(=O)N(CCCn2ccnc2)c2nc3c(C)c(Cl)ccc3s2)c1. The maximum atomic E-state index is 13.6. The number of anilines is 1. The summed E-state index contributed by atoms with van der Waals surface area (Å²) in [7, 11) is 0. The zero-order chi connectivity index (χ0) is 21.8. The number of aryl methyl sites for hydroxylation is 2. The topological polar surface area (TPSA) is 51.0 Å². The molecule has 31 heavy (non-hydrogen) atoms. The highest BCUT2D eigenvalue weighted by molar-refractivity contribution is 7.99. The van der Waals surface area contributed by atoms with Crippen LogP contribution < -0.4 is 4.90 Å². The second-order valence-corrected chi connectivity index (χ2v) is 9.84. The van der Waals surface area contributed by atoms with E-state index in [1.807, 2.05) is 54.1 Å². The molecule has 5 nitrogen and oxygen atoms in total. The fourth-order valence-electron chi connectivity index (χ4n) is 3.36. The molecule has 2 heterocycles. The Morgan fingerprint density at radius 3 is 2.94 bits per heavy atom. The number of rotatable bonds is 8. The number of imidazole rings is 1. The van der Waals surface area contributed by atoms with Gasteiger partial charge in [-0.25, -0.2) is 9.97 Å². The van der Waals surface area contributed by atoms with E-state index < -0.39 is 0 Å². The Morgan fingerprint density at radius 1 is 1.29 bits per heavy atom. The molecule has 8 heteroatoms. The summed E-state index contributed by atoms with van der Waals surface area (Å²) in [6.45, 7) is 5.42. The quantitative estimate of drug-likeness (QED) is 0.283. The number of carbonyl (C=O) groups is 1. The van der Waals surface area contributed by atoms with Crippen LogP contribution in [0.25, 0.3) is 10.2 Å². The molecule has 0 unspecified atom stereocenters. The van der Waals surface area contributed by atoms with Crippen molar-refractivity contribution in [1.82, 2.24) is 14.5 Å². The molecule has 0 bridgehead atoms. The van der Waals surface area contributed by atoms with Crippen LogP contribution in [0.2, 0.25) is 5.02 Å². The van der Waals surface area contributed by atoms with Crippen molar-refractivity contribution >= 4 is 56.0 Å². The van der Waals surface area contributed by atoms with Gasteiger partial charge >= 0.3 is 0 Å². The highest BCUT2D eigenvalue weighted by Gasteiger charge is 2.22. The zero-order valence-electron chi connectivity index (χ0n) is 17.4. The summed E-state index contributed by atoms with van der Waals surface area (Å²) in [6, 6.07) is 11.7. The van der Waals surface area contributed by atoms with Gasteiger partial charge in [-0.1, -0.05) is 35.9 Å². The number of benzene rings is 2. The lowest BCUT2D eigenvalue weighted by atomic mass is 10.2. The average molecular weight is 471 g/mol. The van der Waals surface area contributed by atoms with E-state index in [-0.39, 0.29) is 5.91 Å². The number of hydrogen-bond donors (Lipinski definition) is 0. The van der Waals surface area contributed by atoms with Crippen molar-refractivity contribution < 1.29 is 4.79 Å². The van der Waals surface area contributed by atoms with Crippen molar-refractivity contribution in [2.24, 2.45) is 0 Å². The van der Waals surface area contributed by atoms with E-state index in [1.54, 1.807) is 29.2 Å². The predicted octanol–water partition coefficient (Wildman–Crippen LogP) is 6.30. The Bertz CT molecular complexity index is 1190. The largest absolute Gasteiger partial charge is 0.337 e. The van der Waals surface area contributed by atoms with Gasteiger partial charge in [0.1, 0.15) is 0 Å². The van der Waals surface area contributed by atoms with Crippen molar-refractivity contribution in [2.45, 2.75) is 31.7 Å². The maximum Gasteiger partial charge on any atom is 0.260 e. The number of thioether (sulfide) groups is 1. The van der Waals surface area contributed by atoms with Crippen LogP contribution in [-0.4, -0.2) is 32.7 Å². The lowest BCUT2D eigenvalue weighted by Gasteiger charge is -2.20. The molecule has 0 saturated carbocycles. The minimum Gasteiger partial charge on any atom is -0.337 e. The Kier molecular flexibility index (Phi) is 6.95. The van der Waals surface area contributed by atoms with E-state index in [1.165, 1.54) is 11.3 Å². The third kappa shape index (κ3) is 4.95. The van der Waals surface area contributed by atoms with Crippen molar-refractivity contribution in [3.63, 3.8) is 0 Å². The fraction of sp³-hybridized carbons (Fsp3) is 0.261. The average Bonchev–Trinajstić information content (AvgIpc) is 3.44. The second kappa shape index (κ2) is 9.85. The van der Waals surface area contributed by atoms with E-state index in [4.69, 9.17) is 16.6 Å². The molecule has 0 saturated heterocycles. The van der Waals surface area contributed by atoms with Gasteiger partial charge in [0.15, 0.2) is 5.13 Å². The van der Waals surface area contributed by atoms with Crippen LogP contribution >= 0.6 is 34.7 Å². The molecule has 0 aliphatic heterocycles. The molecule has 0 aliphatic rings. The molecule has 4 rings (SSSR count). The summed E-state index contributed by atoms with van der Waals surface area (Å²) in [5.41, 5.74) is 2.47. The van der Waals surface area contributed by atoms with Gasteiger partial charge in [-0.15, -0.1) is 11.8 Å². The first-order valence-electron chi connectivity index (χ1n) is 10.1. The third-order valence-electron chi connectivity index (χ3n) is 4.96. The van der Waals surface area contributed by atoms with Crippen LogP contribution in [0.4, 0.5) is 5.13 Å². The molecule has 2 aromatic heterocycles. The van der Waals surface area contributed by atoms with E-state index in [0.717, 1.165) is 39.4 Å². The van der Waals surface area contributed by atoms with Gasteiger partial charge in [-0.05, 0) is 55.0 Å². The molecule has 0 fully saturated rings. The number of halogens is 1. The summed E-state index contributed by atoms with van der Waals surface area (Å²) in [4.78, 5) is 25.4. The summed E-state index contributed by atoms with van der Waals surface area (Å²) in [5.74, 6) is 0.927. The normalized spacial score (nSPS) is 11.2. The first-order valence-corrected chi connectivity index (χ1v) is 12.3. The maximum absolute atomic E-state index is 13.6. The lowest BCUT2D eigenvalue weighted by Crippen LogP contribution is -2.32. The standard InChI is InChI=1S/C23H23ClN4OS2/c1-3-30-18-7-4-6-17(14-18)22(29)28(12-5-11-27-13-10-25-15-27)23-26-21-16(2)19(24)8-9-20(21)31-23/h4,6-10,13-15H,3,5,11-12H2,1-2H3. The van der Waals surface area contributed by atoms with Crippen molar-refractivity contribution in [2.75, 3.05) is 17.2 Å². The molecular weight excluding hydrogens is 448 g/mol. The Labute approximate surface area is 195 Å². The monoisotopic (exact) mass is 470 g/mol. The van der Waals surface area contributed by atoms with Crippen molar-refractivity contribution in [3.8, 4) is 0 Å². The molecule has 0 atom stereocenters. The molecule has 2 aromatic carbocycles. The molecule has 0 radical (unpaired) electrons. The number of carbonyl (C=O) groups excluding carboxylic acids is 1. The number of amides is 1.